The summed E-state index contributed by atoms with van der Waals surface area (Å²) in [6.07, 6.45) is 0. The minimum atomic E-state index is -0.917. The van der Waals surface area contributed by atoms with Gasteiger partial charge in [-0.05, 0) is 46.5 Å². The Balaban J connectivity index is 1.26. The Morgan fingerprint density at radius 2 is 1.51 bits per heavy atom. The molecule has 1 fully saturated rings. The van der Waals surface area contributed by atoms with E-state index in [1.165, 1.54) is 0 Å². The number of carbonyl (C=O) groups excluding carboxylic acids is 1. The summed E-state index contributed by atoms with van der Waals surface area (Å²) >= 11 is 0. The smallest absolute Gasteiger partial charge is 0.309 e. The van der Waals surface area contributed by atoms with E-state index in [4.69, 9.17) is 14.2 Å². The van der Waals surface area contributed by atoms with Gasteiger partial charge in [0, 0.05) is 31.0 Å². The molecule has 2 aliphatic rings. The van der Waals surface area contributed by atoms with Gasteiger partial charge in [-0.1, -0.05) is 78.9 Å². The zero-order chi connectivity index (χ0) is 29.8. The monoisotopic (exact) mass is 578 g/mol. The van der Waals surface area contributed by atoms with Crippen LogP contribution in [-0.4, -0.2) is 55.4 Å². The highest BCUT2D eigenvalue weighted by Crippen LogP contribution is 2.47. The lowest BCUT2D eigenvalue weighted by molar-refractivity contribution is -0.143. The number of amides is 1. The molecule has 4 aromatic carbocycles. The summed E-state index contributed by atoms with van der Waals surface area (Å²) in [4.78, 5) is 28.4. The lowest BCUT2D eigenvalue weighted by Crippen LogP contribution is -2.39. The number of carboxylic acid groups (broad SMARTS) is 1. The summed E-state index contributed by atoms with van der Waals surface area (Å²) in [5, 5.41) is 13.7. The van der Waals surface area contributed by atoms with Crippen molar-refractivity contribution in [3.05, 3.63) is 125 Å². The van der Waals surface area contributed by atoms with Gasteiger partial charge in [-0.3, -0.25) is 14.5 Å². The number of ether oxygens (including phenoxy) is 3. The molecule has 220 valence electrons. The maximum atomic E-state index is 13.6. The number of likely N-dealkylation sites (tertiary alicyclic amines) is 1. The number of hydrogen-bond acceptors (Lipinski definition) is 6. The molecule has 0 saturated carbocycles. The summed E-state index contributed by atoms with van der Waals surface area (Å²) in [5.41, 5.74) is 3.88. The van der Waals surface area contributed by atoms with E-state index in [2.05, 4.69) is 29.6 Å². The van der Waals surface area contributed by atoms with Gasteiger partial charge in [0.25, 0.3) is 0 Å². The standard InChI is InChI=1S/C35H34N2O6/c1-41-27-15-12-25(13-16-27)34-33(35(39)40)29(26-14-17-30-31(18-26)43-22-42-30)20-37(34)21-32(38)36-19-28(23-8-4-2-5-9-23)24-10-6-3-7-11-24/h2-18,28-29,33-34H,19-22H2,1H3,(H,36,38)(H,39,40)/t29-,33-,34+/m1/s1. The summed E-state index contributed by atoms with van der Waals surface area (Å²) < 4.78 is 16.4. The number of fused-ring (bicyclic) bond motifs is 1. The van der Waals surface area contributed by atoms with E-state index in [0.717, 1.165) is 22.3 Å². The van der Waals surface area contributed by atoms with Gasteiger partial charge < -0.3 is 24.6 Å². The first-order valence-corrected chi connectivity index (χ1v) is 14.4. The van der Waals surface area contributed by atoms with Gasteiger partial charge >= 0.3 is 5.97 Å². The number of aliphatic carboxylic acids is 1. The van der Waals surface area contributed by atoms with E-state index >= 15 is 0 Å². The fraction of sp³-hybridized carbons (Fsp3) is 0.257. The topological polar surface area (TPSA) is 97.3 Å². The highest BCUT2D eigenvalue weighted by Gasteiger charge is 2.48. The van der Waals surface area contributed by atoms with Crippen molar-refractivity contribution in [1.82, 2.24) is 10.2 Å². The molecule has 2 N–H and O–H groups in total. The summed E-state index contributed by atoms with van der Waals surface area (Å²) in [7, 11) is 1.59. The molecular weight excluding hydrogens is 544 g/mol. The van der Waals surface area contributed by atoms with E-state index in [1.807, 2.05) is 83.8 Å². The van der Waals surface area contributed by atoms with Crippen molar-refractivity contribution in [2.45, 2.75) is 17.9 Å². The minimum absolute atomic E-state index is 0.0181. The molecule has 1 saturated heterocycles. The van der Waals surface area contributed by atoms with Crippen LogP contribution in [0.25, 0.3) is 0 Å². The van der Waals surface area contributed by atoms with E-state index in [9.17, 15) is 14.7 Å². The molecule has 6 rings (SSSR count). The molecule has 1 amide bonds. The lowest BCUT2D eigenvalue weighted by Gasteiger charge is -2.27. The second kappa shape index (κ2) is 12.6. The van der Waals surface area contributed by atoms with Crippen molar-refractivity contribution >= 4 is 11.9 Å². The highest BCUT2D eigenvalue weighted by molar-refractivity contribution is 5.79. The van der Waals surface area contributed by atoms with Crippen LogP contribution in [0.4, 0.5) is 0 Å². The maximum absolute atomic E-state index is 13.6. The molecule has 8 heteroatoms. The number of nitrogens with zero attached hydrogens (tertiary/aromatic N) is 1. The Hall–Kier alpha value is -4.82. The molecule has 2 aliphatic heterocycles. The molecule has 0 radical (unpaired) electrons. The van der Waals surface area contributed by atoms with E-state index < -0.39 is 17.9 Å². The first kappa shape index (κ1) is 28.3. The lowest BCUT2D eigenvalue weighted by atomic mass is 9.82. The zero-order valence-corrected chi connectivity index (χ0v) is 23.9. The van der Waals surface area contributed by atoms with Crippen LogP contribution in [0.3, 0.4) is 0 Å². The fourth-order valence-corrected chi connectivity index (χ4v) is 6.33. The predicted octanol–water partition coefficient (Wildman–Crippen LogP) is 5.21. The predicted molar refractivity (Wildman–Crippen MR) is 161 cm³/mol. The van der Waals surface area contributed by atoms with Crippen molar-refractivity contribution in [3.8, 4) is 17.2 Å². The van der Waals surface area contributed by atoms with Crippen LogP contribution >= 0.6 is 0 Å². The highest BCUT2D eigenvalue weighted by atomic mass is 16.7. The largest absolute Gasteiger partial charge is 0.497 e. The Morgan fingerprint density at radius 1 is 0.884 bits per heavy atom. The maximum Gasteiger partial charge on any atom is 0.309 e. The van der Waals surface area contributed by atoms with Crippen LogP contribution in [0, 0.1) is 5.92 Å². The number of nitrogens with one attached hydrogen (secondary N) is 1. The van der Waals surface area contributed by atoms with Gasteiger partial charge in [-0.15, -0.1) is 0 Å². The van der Waals surface area contributed by atoms with Crippen molar-refractivity contribution in [1.29, 1.82) is 0 Å². The van der Waals surface area contributed by atoms with Gasteiger partial charge in [0.1, 0.15) is 5.75 Å². The minimum Gasteiger partial charge on any atom is -0.497 e. The van der Waals surface area contributed by atoms with Crippen LogP contribution in [0.15, 0.2) is 103 Å². The molecule has 0 aliphatic carbocycles. The van der Waals surface area contributed by atoms with E-state index in [-0.39, 0.29) is 31.1 Å². The zero-order valence-electron chi connectivity index (χ0n) is 23.9. The van der Waals surface area contributed by atoms with Crippen LogP contribution in [0.2, 0.25) is 0 Å². The molecule has 2 heterocycles. The number of hydrogen-bond donors (Lipinski definition) is 2. The fourth-order valence-electron chi connectivity index (χ4n) is 6.33. The molecule has 3 atom stereocenters. The van der Waals surface area contributed by atoms with Gasteiger partial charge in [-0.2, -0.15) is 0 Å². The SMILES string of the molecule is COc1ccc([C@H]2[C@H](C(=O)O)[C@@H](c3ccc4c(c3)OCO4)CN2CC(=O)NCC(c2ccccc2)c2ccccc2)cc1. The molecular formula is C35H34N2O6. The molecule has 8 nitrogen and oxygen atoms in total. The van der Waals surface area contributed by atoms with Gasteiger partial charge in [0.15, 0.2) is 11.5 Å². The van der Waals surface area contributed by atoms with E-state index in [0.29, 0.717) is 30.3 Å². The summed E-state index contributed by atoms with van der Waals surface area (Å²) in [6.45, 7) is 1.00. The van der Waals surface area contributed by atoms with Gasteiger partial charge in [-0.25, -0.2) is 0 Å². The Bertz CT molecular complexity index is 1520. The molecule has 43 heavy (non-hydrogen) atoms. The van der Waals surface area contributed by atoms with Crippen LogP contribution in [0.1, 0.15) is 40.1 Å². The second-order valence-corrected chi connectivity index (χ2v) is 10.9. The Morgan fingerprint density at radius 3 is 2.14 bits per heavy atom. The normalized spacial score (nSPS) is 19.3. The number of benzene rings is 4. The van der Waals surface area contributed by atoms with Crippen molar-refractivity contribution < 1.29 is 28.9 Å². The van der Waals surface area contributed by atoms with Crippen molar-refractivity contribution in [2.75, 3.05) is 33.5 Å². The quantitative estimate of drug-likeness (QED) is 0.267. The molecule has 4 aromatic rings. The first-order valence-electron chi connectivity index (χ1n) is 14.4. The van der Waals surface area contributed by atoms with Gasteiger partial charge in [0.05, 0.1) is 19.6 Å². The molecule has 0 unspecified atom stereocenters. The summed E-state index contributed by atoms with van der Waals surface area (Å²) in [6, 6.07) is 32.7. The molecule has 0 bridgehead atoms. The van der Waals surface area contributed by atoms with Crippen LogP contribution < -0.4 is 19.5 Å². The van der Waals surface area contributed by atoms with Crippen molar-refractivity contribution in [2.24, 2.45) is 5.92 Å². The average molecular weight is 579 g/mol. The number of rotatable bonds is 10. The Kier molecular flexibility index (Phi) is 8.29. The van der Waals surface area contributed by atoms with E-state index in [1.54, 1.807) is 7.11 Å². The molecule has 0 spiro atoms. The third kappa shape index (κ3) is 6.05. The number of carbonyl (C=O) groups is 2. The van der Waals surface area contributed by atoms with Crippen LogP contribution in [-0.2, 0) is 9.59 Å². The molecule has 0 aromatic heterocycles. The van der Waals surface area contributed by atoms with Crippen molar-refractivity contribution in [3.63, 3.8) is 0 Å². The van der Waals surface area contributed by atoms with Crippen LogP contribution in [0.5, 0.6) is 17.2 Å². The third-order valence-corrected chi connectivity index (χ3v) is 8.42. The Labute approximate surface area is 250 Å². The summed E-state index contributed by atoms with van der Waals surface area (Å²) in [5.74, 6) is -0.329. The number of methoxy groups -OCH3 is 1. The second-order valence-electron chi connectivity index (χ2n) is 10.9. The first-order chi connectivity index (χ1) is 21.0. The van der Waals surface area contributed by atoms with Gasteiger partial charge in [0.2, 0.25) is 12.7 Å². The average Bonchev–Trinajstić information content (AvgIpc) is 3.67. The number of carboxylic acids is 1. The third-order valence-electron chi connectivity index (χ3n) is 8.42.